The van der Waals surface area contributed by atoms with Crippen LogP contribution in [-0.2, 0) is 0 Å². The Morgan fingerprint density at radius 2 is 2.05 bits per heavy atom. The van der Waals surface area contributed by atoms with Crippen molar-refractivity contribution in [2.75, 3.05) is 6.54 Å². The van der Waals surface area contributed by atoms with Crippen LogP contribution >= 0.6 is 11.6 Å². The fraction of sp³-hybridized carbons (Fsp3) is 0.600. The minimum absolute atomic E-state index is 0.0669. The molecule has 0 saturated carbocycles. The molecule has 1 heterocycles. The van der Waals surface area contributed by atoms with Gasteiger partial charge in [0.1, 0.15) is 5.15 Å². The highest BCUT2D eigenvalue weighted by Crippen LogP contribution is 2.17. The van der Waals surface area contributed by atoms with Crippen LogP contribution in [0, 0.1) is 0 Å². The summed E-state index contributed by atoms with van der Waals surface area (Å²) >= 11 is 5.95. The summed E-state index contributed by atoms with van der Waals surface area (Å²) in [7, 11) is 0. The lowest BCUT2D eigenvalue weighted by molar-refractivity contribution is 0.0952. The summed E-state index contributed by atoms with van der Waals surface area (Å²) in [6, 6.07) is 3.44. The van der Waals surface area contributed by atoms with Crippen LogP contribution in [0.5, 0.6) is 0 Å². The van der Waals surface area contributed by atoms with E-state index in [9.17, 15) is 4.79 Å². The number of nitrogens with zero attached hydrogens (tertiary/aromatic N) is 1. The third kappa shape index (κ3) is 5.60. The molecule has 0 aliphatic carbocycles. The van der Waals surface area contributed by atoms with Gasteiger partial charge in [-0.3, -0.25) is 4.79 Å². The molecular weight excluding hydrogens is 260 g/mol. The Labute approximate surface area is 120 Å². The first-order valence-electron chi connectivity index (χ1n) is 7.00. The molecule has 3 nitrogen and oxygen atoms in total. The second kappa shape index (κ2) is 8.16. The monoisotopic (exact) mass is 282 g/mol. The molecule has 0 atom stereocenters. The lowest BCUT2D eigenvalue weighted by Gasteiger charge is -2.09. The Kier molecular flexibility index (Phi) is 6.85. The number of hydrogen-bond donors (Lipinski definition) is 1. The van der Waals surface area contributed by atoms with E-state index in [1.807, 2.05) is 19.9 Å². The highest BCUT2D eigenvalue weighted by molar-refractivity contribution is 6.29. The Balaban J connectivity index is 2.56. The molecule has 0 bridgehead atoms. The van der Waals surface area contributed by atoms with E-state index in [4.69, 9.17) is 11.6 Å². The summed E-state index contributed by atoms with van der Waals surface area (Å²) in [5.41, 5.74) is 1.45. The molecule has 106 valence electrons. The van der Waals surface area contributed by atoms with Gasteiger partial charge in [-0.15, -0.1) is 0 Å². The number of hydrogen-bond acceptors (Lipinski definition) is 2. The second-order valence-corrected chi connectivity index (χ2v) is 5.46. The van der Waals surface area contributed by atoms with Crippen LogP contribution in [-0.4, -0.2) is 17.4 Å². The van der Waals surface area contributed by atoms with Crippen LogP contribution in [0.3, 0.4) is 0 Å². The highest BCUT2D eigenvalue weighted by atomic mass is 35.5. The topological polar surface area (TPSA) is 42.0 Å². The minimum Gasteiger partial charge on any atom is -0.352 e. The molecule has 1 aromatic heterocycles. The Morgan fingerprint density at radius 1 is 1.32 bits per heavy atom. The van der Waals surface area contributed by atoms with Gasteiger partial charge in [0.2, 0.25) is 0 Å². The van der Waals surface area contributed by atoms with Gasteiger partial charge in [-0.2, -0.15) is 0 Å². The molecule has 1 N–H and O–H groups in total. The normalized spacial score (nSPS) is 10.8. The van der Waals surface area contributed by atoms with Crippen molar-refractivity contribution in [3.8, 4) is 0 Å². The number of amides is 1. The van der Waals surface area contributed by atoms with Crippen LogP contribution in [0.4, 0.5) is 0 Å². The summed E-state index contributed by atoms with van der Waals surface area (Å²) in [6.07, 6.45) is 4.60. The quantitative estimate of drug-likeness (QED) is 0.602. The average molecular weight is 283 g/mol. The fourth-order valence-corrected chi connectivity index (χ4v) is 2.01. The van der Waals surface area contributed by atoms with Gasteiger partial charge >= 0.3 is 0 Å². The first-order valence-corrected chi connectivity index (χ1v) is 7.38. The summed E-state index contributed by atoms with van der Waals surface area (Å²) in [6.45, 7) is 6.96. The van der Waals surface area contributed by atoms with Crippen LogP contribution in [0.15, 0.2) is 12.1 Å². The van der Waals surface area contributed by atoms with Gasteiger partial charge < -0.3 is 5.32 Å². The Hall–Kier alpha value is -1.09. The lowest BCUT2D eigenvalue weighted by atomic mass is 10.1. The van der Waals surface area contributed by atoms with Gasteiger partial charge in [0, 0.05) is 17.8 Å². The number of rotatable bonds is 7. The number of unbranched alkanes of at least 4 members (excludes halogenated alkanes) is 3. The van der Waals surface area contributed by atoms with Crippen molar-refractivity contribution in [1.82, 2.24) is 10.3 Å². The average Bonchev–Trinajstić information content (AvgIpc) is 2.37. The second-order valence-electron chi connectivity index (χ2n) is 5.07. The van der Waals surface area contributed by atoms with Crippen molar-refractivity contribution in [3.63, 3.8) is 0 Å². The van der Waals surface area contributed by atoms with E-state index in [0.29, 0.717) is 10.7 Å². The van der Waals surface area contributed by atoms with Crippen molar-refractivity contribution in [2.24, 2.45) is 0 Å². The van der Waals surface area contributed by atoms with Crippen molar-refractivity contribution < 1.29 is 4.79 Å². The molecule has 0 aromatic carbocycles. The molecule has 0 aliphatic rings. The molecule has 0 saturated heterocycles. The third-order valence-corrected chi connectivity index (χ3v) is 3.18. The molecular formula is C15H23ClN2O. The predicted molar refractivity (Wildman–Crippen MR) is 79.8 cm³/mol. The van der Waals surface area contributed by atoms with Gasteiger partial charge in [0.25, 0.3) is 5.91 Å². The van der Waals surface area contributed by atoms with Crippen molar-refractivity contribution in [3.05, 3.63) is 28.5 Å². The van der Waals surface area contributed by atoms with Crippen molar-refractivity contribution in [2.45, 2.75) is 52.4 Å². The molecule has 19 heavy (non-hydrogen) atoms. The minimum atomic E-state index is -0.0669. The first-order chi connectivity index (χ1) is 9.04. The Morgan fingerprint density at radius 3 is 2.68 bits per heavy atom. The van der Waals surface area contributed by atoms with E-state index in [-0.39, 0.29) is 11.8 Å². The number of carbonyl (C=O) groups excluding carboxylic acids is 1. The first kappa shape index (κ1) is 16.0. The number of nitrogens with one attached hydrogen (secondary N) is 1. The number of pyridine rings is 1. The maximum Gasteiger partial charge on any atom is 0.251 e. The van der Waals surface area contributed by atoms with E-state index in [0.717, 1.165) is 25.1 Å². The van der Waals surface area contributed by atoms with Crippen LogP contribution in [0.2, 0.25) is 5.15 Å². The number of aromatic nitrogens is 1. The molecule has 1 rings (SSSR count). The smallest absolute Gasteiger partial charge is 0.251 e. The zero-order valence-electron chi connectivity index (χ0n) is 12.0. The zero-order valence-corrected chi connectivity index (χ0v) is 12.8. The number of carbonyl (C=O) groups is 1. The van der Waals surface area contributed by atoms with Gasteiger partial charge in [0.15, 0.2) is 0 Å². The molecule has 1 aromatic rings. The maximum absolute atomic E-state index is 12.0. The van der Waals surface area contributed by atoms with E-state index in [1.54, 1.807) is 6.07 Å². The fourth-order valence-electron chi connectivity index (χ4n) is 1.80. The van der Waals surface area contributed by atoms with Gasteiger partial charge in [-0.25, -0.2) is 4.98 Å². The van der Waals surface area contributed by atoms with Gasteiger partial charge in [0.05, 0.1) is 0 Å². The zero-order chi connectivity index (χ0) is 14.3. The van der Waals surface area contributed by atoms with Crippen LogP contribution < -0.4 is 5.32 Å². The van der Waals surface area contributed by atoms with Gasteiger partial charge in [-0.05, 0) is 24.5 Å². The molecule has 0 spiro atoms. The SMILES string of the molecule is CCCCCCNC(=O)c1cc(Cl)nc(C(C)C)c1. The van der Waals surface area contributed by atoms with Crippen molar-refractivity contribution >= 4 is 17.5 Å². The summed E-state index contributed by atoms with van der Waals surface area (Å²) in [5.74, 6) is 0.192. The standard InChI is InChI=1S/C15H23ClN2O/c1-4-5-6-7-8-17-15(19)12-9-13(11(2)3)18-14(16)10-12/h9-11H,4-8H2,1-3H3,(H,17,19). The predicted octanol–water partition coefficient (Wildman–Crippen LogP) is 4.17. The van der Waals surface area contributed by atoms with E-state index >= 15 is 0 Å². The molecule has 1 amide bonds. The third-order valence-electron chi connectivity index (χ3n) is 2.98. The van der Waals surface area contributed by atoms with Crippen LogP contribution in [0.1, 0.15) is 68.4 Å². The van der Waals surface area contributed by atoms with E-state index < -0.39 is 0 Å². The lowest BCUT2D eigenvalue weighted by Crippen LogP contribution is -2.24. The molecule has 0 radical (unpaired) electrons. The van der Waals surface area contributed by atoms with E-state index in [2.05, 4.69) is 17.2 Å². The van der Waals surface area contributed by atoms with Crippen molar-refractivity contribution in [1.29, 1.82) is 0 Å². The summed E-state index contributed by atoms with van der Waals surface area (Å²) < 4.78 is 0. The summed E-state index contributed by atoms with van der Waals surface area (Å²) in [5, 5.41) is 3.30. The molecule has 0 aliphatic heterocycles. The van der Waals surface area contributed by atoms with Gasteiger partial charge in [-0.1, -0.05) is 51.6 Å². The maximum atomic E-state index is 12.0. The molecule has 0 unspecified atom stereocenters. The van der Waals surface area contributed by atoms with E-state index in [1.165, 1.54) is 12.8 Å². The summed E-state index contributed by atoms with van der Waals surface area (Å²) in [4.78, 5) is 16.2. The number of halogens is 1. The largest absolute Gasteiger partial charge is 0.352 e. The Bertz CT molecular complexity index is 419. The highest BCUT2D eigenvalue weighted by Gasteiger charge is 2.10. The van der Waals surface area contributed by atoms with Crippen LogP contribution in [0.25, 0.3) is 0 Å². The molecule has 4 heteroatoms. The molecule has 0 fully saturated rings.